The Balaban J connectivity index is 1.22. The Hall–Kier alpha value is -7.00. The molecule has 0 bridgehead atoms. The minimum absolute atomic E-state index is 0.0371. The number of ether oxygens (including phenoxy) is 7. The van der Waals surface area contributed by atoms with E-state index in [4.69, 9.17) is 33.2 Å². The van der Waals surface area contributed by atoms with Gasteiger partial charge >= 0.3 is 12.1 Å². The highest BCUT2D eigenvalue weighted by Crippen LogP contribution is 2.33. The van der Waals surface area contributed by atoms with Crippen molar-refractivity contribution in [3.63, 3.8) is 0 Å². The van der Waals surface area contributed by atoms with E-state index in [1.54, 1.807) is 48.5 Å². The number of carbonyl (C=O) groups is 4. The first-order valence-electron chi connectivity index (χ1n) is 22.5. The highest BCUT2D eigenvalue weighted by atomic mass is 16.6. The molecule has 1 aliphatic heterocycles. The predicted molar refractivity (Wildman–Crippen MR) is 252 cm³/mol. The lowest BCUT2D eigenvalue weighted by Gasteiger charge is -2.48. The van der Waals surface area contributed by atoms with Crippen molar-refractivity contribution >= 4 is 23.9 Å². The number of carbonyl (C=O) groups excluding carboxylic acids is 4. The maximum absolute atomic E-state index is 14.9. The summed E-state index contributed by atoms with van der Waals surface area (Å²) >= 11 is 0. The van der Waals surface area contributed by atoms with Crippen molar-refractivity contribution in [2.45, 2.75) is 89.7 Å². The fourth-order valence-electron chi connectivity index (χ4n) is 7.67. The first kappa shape index (κ1) is 48.9. The molecule has 1 fully saturated rings. The lowest BCUT2D eigenvalue weighted by Crippen LogP contribution is -2.67. The van der Waals surface area contributed by atoms with Gasteiger partial charge in [0.1, 0.15) is 43.7 Å². The van der Waals surface area contributed by atoms with E-state index in [2.05, 4.69) is 5.32 Å². The maximum atomic E-state index is 14.9. The third-order valence-corrected chi connectivity index (χ3v) is 11.1. The minimum atomic E-state index is -1.58. The third-order valence-electron chi connectivity index (χ3n) is 11.1. The Labute approximate surface area is 396 Å². The first-order chi connectivity index (χ1) is 33.3. The largest absolute Gasteiger partial charge is 0.459 e. The molecule has 0 unspecified atom stereocenters. The smallest absolute Gasteiger partial charge is 0.408 e. The van der Waals surface area contributed by atoms with Crippen LogP contribution in [-0.4, -0.2) is 72.1 Å². The zero-order valence-corrected chi connectivity index (χ0v) is 37.9. The van der Waals surface area contributed by atoms with Crippen LogP contribution in [-0.2, 0) is 87.2 Å². The average Bonchev–Trinajstić information content (AvgIpc) is 3.37. The Morgan fingerprint density at radius 3 is 1.32 bits per heavy atom. The van der Waals surface area contributed by atoms with Crippen molar-refractivity contribution in [1.29, 1.82) is 0 Å². The molecule has 0 aliphatic carbocycles. The van der Waals surface area contributed by atoms with E-state index in [1.165, 1.54) is 6.92 Å². The van der Waals surface area contributed by atoms with Gasteiger partial charge in [0.25, 0.3) is 0 Å². The number of rotatable bonds is 22. The van der Waals surface area contributed by atoms with E-state index < -0.39 is 67.0 Å². The number of esters is 1. The second kappa shape index (κ2) is 25.8. The second-order valence-electron chi connectivity index (χ2n) is 16.2. The topological polar surface area (TPSA) is 148 Å². The van der Waals surface area contributed by atoms with Crippen LogP contribution in [0.2, 0.25) is 0 Å². The van der Waals surface area contributed by atoms with Crippen LogP contribution in [0.15, 0.2) is 182 Å². The quantitative estimate of drug-likeness (QED) is 0.0654. The summed E-state index contributed by atoms with van der Waals surface area (Å²) < 4.78 is 44.6. The predicted octanol–water partition coefficient (Wildman–Crippen LogP) is 8.49. The number of nitrogens with one attached hydrogen (secondary N) is 1. The summed E-state index contributed by atoms with van der Waals surface area (Å²) in [5, 5.41) is 2.52. The van der Waals surface area contributed by atoms with E-state index in [0.29, 0.717) is 11.1 Å². The van der Waals surface area contributed by atoms with Gasteiger partial charge in [-0.25, -0.2) is 9.59 Å². The highest BCUT2D eigenvalue weighted by Gasteiger charge is 2.52. The van der Waals surface area contributed by atoms with Crippen LogP contribution < -0.4 is 5.32 Å². The molecular weight excluding hydrogens is 865 g/mol. The van der Waals surface area contributed by atoms with E-state index in [9.17, 15) is 19.2 Å². The number of benzene rings is 6. The summed E-state index contributed by atoms with van der Waals surface area (Å²) in [7, 11) is 0. The average molecular weight is 921 g/mol. The molecule has 1 aliphatic rings. The molecule has 0 radical (unpaired) electrons. The molecule has 0 spiro atoms. The fraction of sp³-hybridized carbons (Fsp3) is 0.273. The molecule has 6 aromatic rings. The number of alkyl carbamates (subject to hydrolysis) is 1. The monoisotopic (exact) mass is 920 g/mol. The van der Waals surface area contributed by atoms with Gasteiger partial charge in [-0.05, 0) is 33.4 Å². The summed E-state index contributed by atoms with van der Waals surface area (Å²) in [4.78, 5) is 57.1. The molecule has 7 rings (SSSR count). The zero-order chi connectivity index (χ0) is 47.3. The molecule has 3 amide bonds. The van der Waals surface area contributed by atoms with Crippen LogP contribution in [0.5, 0.6) is 0 Å². The van der Waals surface area contributed by atoms with Crippen molar-refractivity contribution in [2.24, 2.45) is 0 Å². The lowest BCUT2D eigenvalue weighted by atomic mass is 9.95. The summed E-state index contributed by atoms with van der Waals surface area (Å²) in [6.45, 7) is 1.49. The number of imide groups is 1. The van der Waals surface area contributed by atoms with E-state index in [-0.39, 0.29) is 46.2 Å². The SMILES string of the molecule is CC(=O)N(C(=O)C[C@H](NC(=O)OCc1ccccc1)C(=O)OCc1ccccc1)[C@H]1O[C@H](COCc2ccccc2)[C@@H](OCc2ccccc2)[C@H](OCc2ccccc2)[C@@H]1OCc1ccccc1. The van der Waals surface area contributed by atoms with Crippen molar-refractivity contribution in [3.05, 3.63) is 215 Å². The number of hydrogen-bond donors (Lipinski definition) is 1. The molecule has 13 nitrogen and oxygen atoms in total. The Bertz CT molecular complexity index is 2450. The van der Waals surface area contributed by atoms with Crippen LogP contribution in [0.4, 0.5) is 4.79 Å². The van der Waals surface area contributed by atoms with Crippen molar-refractivity contribution in [3.8, 4) is 0 Å². The molecule has 0 aromatic heterocycles. The maximum Gasteiger partial charge on any atom is 0.408 e. The van der Waals surface area contributed by atoms with Gasteiger partial charge in [-0.15, -0.1) is 0 Å². The second-order valence-corrected chi connectivity index (χ2v) is 16.2. The van der Waals surface area contributed by atoms with Gasteiger partial charge in [0, 0.05) is 6.92 Å². The number of hydrogen-bond acceptors (Lipinski definition) is 11. The molecule has 68 heavy (non-hydrogen) atoms. The molecule has 13 heteroatoms. The highest BCUT2D eigenvalue weighted by molar-refractivity contribution is 5.97. The third kappa shape index (κ3) is 14.8. The lowest BCUT2D eigenvalue weighted by molar-refractivity contribution is -0.293. The molecule has 0 saturated carbocycles. The van der Waals surface area contributed by atoms with Gasteiger partial charge in [-0.2, -0.15) is 0 Å². The fourth-order valence-corrected chi connectivity index (χ4v) is 7.67. The van der Waals surface area contributed by atoms with Gasteiger partial charge in [-0.1, -0.05) is 182 Å². The summed E-state index contributed by atoms with van der Waals surface area (Å²) in [5.74, 6) is -2.50. The number of nitrogens with zero attached hydrogens (tertiary/aromatic N) is 1. The van der Waals surface area contributed by atoms with Gasteiger partial charge < -0.3 is 38.5 Å². The standard InChI is InChI=1S/C55H56N2O11/c1-40(58)57(49(59)32-47(54(60)66-37-45-28-16-6-17-29-45)56-55(61)67-38-46-30-18-7-19-31-46)53-52(65-36-44-26-14-5-15-27-44)51(64-35-43-24-12-4-13-25-43)50(63-34-42-22-10-3-11-23-42)48(68-53)39-62-33-41-20-8-2-9-21-41/h2-31,47-48,50-53H,32-39H2,1H3,(H,56,61)/t47-,48+,50+,51-,52-,53-/m0/s1. The van der Waals surface area contributed by atoms with Crippen molar-refractivity contribution in [2.75, 3.05) is 6.61 Å². The Morgan fingerprint density at radius 1 is 0.500 bits per heavy atom. The van der Waals surface area contributed by atoms with Crippen LogP contribution in [0.3, 0.4) is 0 Å². The normalized spacial score (nSPS) is 18.2. The summed E-state index contributed by atoms with van der Waals surface area (Å²) in [6.07, 6.45) is -7.06. The van der Waals surface area contributed by atoms with Gasteiger partial charge in [-0.3, -0.25) is 14.5 Å². The Kier molecular flexibility index (Phi) is 18.6. The van der Waals surface area contributed by atoms with Crippen LogP contribution in [0, 0.1) is 0 Å². The molecule has 6 aromatic carbocycles. The van der Waals surface area contributed by atoms with Crippen LogP contribution in [0.1, 0.15) is 46.7 Å². The zero-order valence-electron chi connectivity index (χ0n) is 37.9. The van der Waals surface area contributed by atoms with Gasteiger partial charge in [0.15, 0.2) is 6.23 Å². The molecule has 1 saturated heterocycles. The summed E-state index contributed by atoms with van der Waals surface area (Å²) in [5.41, 5.74) is 4.87. The first-order valence-corrected chi connectivity index (χ1v) is 22.5. The van der Waals surface area contributed by atoms with Crippen molar-refractivity contribution < 1.29 is 52.3 Å². The molecular formula is C55H56N2O11. The van der Waals surface area contributed by atoms with E-state index >= 15 is 0 Å². The molecule has 352 valence electrons. The van der Waals surface area contributed by atoms with Gasteiger partial charge in [0.2, 0.25) is 11.8 Å². The van der Waals surface area contributed by atoms with E-state index in [0.717, 1.165) is 27.2 Å². The van der Waals surface area contributed by atoms with Crippen LogP contribution in [0.25, 0.3) is 0 Å². The molecule has 1 N–H and O–H groups in total. The minimum Gasteiger partial charge on any atom is -0.459 e. The van der Waals surface area contributed by atoms with Crippen LogP contribution >= 0.6 is 0 Å². The Morgan fingerprint density at radius 2 is 0.882 bits per heavy atom. The molecule has 6 atom stereocenters. The summed E-state index contributed by atoms with van der Waals surface area (Å²) in [6, 6.07) is 54.6. The van der Waals surface area contributed by atoms with Gasteiger partial charge in [0.05, 0.1) is 39.5 Å². The molecule has 1 heterocycles. The van der Waals surface area contributed by atoms with Crippen molar-refractivity contribution in [1.82, 2.24) is 10.2 Å². The number of amides is 3. The van der Waals surface area contributed by atoms with E-state index in [1.807, 2.05) is 133 Å².